The number of amides is 1. The van der Waals surface area contributed by atoms with Gasteiger partial charge in [0.25, 0.3) is 5.56 Å². The van der Waals surface area contributed by atoms with Gasteiger partial charge in [0.1, 0.15) is 16.8 Å². The molecule has 0 aliphatic rings. The summed E-state index contributed by atoms with van der Waals surface area (Å²) < 4.78 is 1.90. The predicted molar refractivity (Wildman–Crippen MR) is 101 cm³/mol. The molecule has 0 aliphatic heterocycles. The van der Waals surface area contributed by atoms with Crippen molar-refractivity contribution in [3.05, 3.63) is 59.1 Å². The summed E-state index contributed by atoms with van der Waals surface area (Å²) in [5.74, 6) is -0.526. The Labute approximate surface area is 161 Å². The van der Waals surface area contributed by atoms with Crippen molar-refractivity contribution in [1.29, 1.82) is 0 Å². The van der Waals surface area contributed by atoms with Crippen LogP contribution in [0.15, 0.2) is 32.3 Å². The number of nitrogens with zero attached hydrogens (tertiary/aromatic N) is 2. The Bertz CT molecular complexity index is 918. The summed E-state index contributed by atoms with van der Waals surface area (Å²) in [6, 6.07) is 4.48. The first kappa shape index (κ1) is 19.6. The molecule has 0 saturated carbocycles. The molecule has 134 valence electrons. The zero-order valence-electron chi connectivity index (χ0n) is 13.3. The molecule has 1 aromatic heterocycles. The molecule has 25 heavy (non-hydrogen) atoms. The Morgan fingerprint density at radius 3 is 2.60 bits per heavy atom. The quantitative estimate of drug-likeness (QED) is 0.746. The molecule has 0 unspecified atom stereocenters. The SMILES string of the molecule is C[C@H](NC(=O)Cn1c(=O)c(Br)c(N)n(C)c1=O)c1ccc(Cl)cc1Cl. The van der Waals surface area contributed by atoms with Crippen LogP contribution in [0.1, 0.15) is 18.5 Å². The minimum Gasteiger partial charge on any atom is -0.384 e. The normalized spacial score (nSPS) is 12.0. The number of hydrogen-bond acceptors (Lipinski definition) is 4. The molecule has 1 amide bonds. The molecule has 0 saturated heterocycles. The molecule has 1 heterocycles. The van der Waals surface area contributed by atoms with Gasteiger partial charge in [-0.3, -0.25) is 14.2 Å². The van der Waals surface area contributed by atoms with Crippen LogP contribution in [-0.4, -0.2) is 15.0 Å². The summed E-state index contributed by atoms with van der Waals surface area (Å²) in [5.41, 5.74) is 4.95. The molecular weight excluding hydrogens is 435 g/mol. The van der Waals surface area contributed by atoms with Crippen molar-refractivity contribution in [2.24, 2.45) is 7.05 Å². The number of rotatable bonds is 4. The fraction of sp³-hybridized carbons (Fsp3) is 0.267. The van der Waals surface area contributed by atoms with Gasteiger partial charge in [-0.2, -0.15) is 0 Å². The number of carbonyl (C=O) groups excluding carboxylic acids is 1. The summed E-state index contributed by atoms with van der Waals surface area (Å²) in [7, 11) is 1.41. The first-order valence-electron chi connectivity index (χ1n) is 7.12. The van der Waals surface area contributed by atoms with Crippen molar-refractivity contribution in [3.8, 4) is 0 Å². The van der Waals surface area contributed by atoms with Crippen LogP contribution in [0, 0.1) is 0 Å². The van der Waals surface area contributed by atoms with Crippen LogP contribution in [0.25, 0.3) is 0 Å². The maximum Gasteiger partial charge on any atom is 0.332 e. The van der Waals surface area contributed by atoms with Gasteiger partial charge >= 0.3 is 5.69 Å². The molecule has 3 N–H and O–H groups in total. The van der Waals surface area contributed by atoms with E-state index in [1.54, 1.807) is 25.1 Å². The van der Waals surface area contributed by atoms with Gasteiger partial charge < -0.3 is 11.1 Å². The highest BCUT2D eigenvalue weighted by atomic mass is 79.9. The molecule has 7 nitrogen and oxygen atoms in total. The molecule has 0 radical (unpaired) electrons. The second-order valence-electron chi connectivity index (χ2n) is 5.39. The number of anilines is 1. The number of nitrogen functional groups attached to an aromatic ring is 1. The minimum absolute atomic E-state index is 0.00651. The van der Waals surface area contributed by atoms with E-state index in [0.717, 1.165) is 9.13 Å². The largest absolute Gasteiger partial charge is 0.384 e. The first-order chi connectivity index (χ1) is 11.6. The van der Waals surface area contributed by atoms with E-state index >= 15 is 0 Å². The van der Waals surface area contributed by atoms with Crippen molar-refractivity contribution in [2.45, 2.75) is 19.5 Å². The van der Waals surface area contributed by atoms with Crippen LogP contribution < -0.4 is 22.3 Å². The summed E-state index contributed by atoms with van der Waals surface area (Å²) >= 11 is 15.0. The Kier molecular flexibility index (Phi) is 5.97. The molecule has 1 atom stereocenters. The van der Waals surface area contributed by atoms with E-state index in [-0.39, 0.29) is 10.3 Å². The van der Waals surface area contributed by atoms with Gasteiger partial charge in [0.2, 0.25) is 5.91 Å². The summed E-state index contributed by atoms with van der Waals surface area (Å²) in [4.78, 5) is 36.6. The molecule has 2 rings (SSSR count). The highest BCUT2D eigenvalue weighted by Gasteiger charge is 2.18. The maximum atomic E-state index is 12.3. The lowest BCUT2D eigenvalue weighted by molar-refractivity contribution is -0.122. The lowest BCUT2D eigenvalue weighted by Gasteiger charge is -2.17. The molecular formula is C15H15BrCl2N4O3. The molecule has 0 spiro atoms. The summed E-state index contributed by atoms with van der Waals surface area (Å²) in [6.45, 7) is 1.28. The molecule has 10 heteroatoms. The van der Waals surface area contributed by atoms with Crippen molar-refractivity contribution in [3.63, 3.8) is 0 Å². The second kappa shape index (κ2) is 7.63. The third kappa shape index (κ3) is 4.08. The number of carbonyl (C=O) groups is 1. The monoisotopic (exact) mass is 448 g/mol. The smallest absolute Gasteiger partial charge is 0.332 e. The van der Waals surface area contributed by atoms with E-state index in [2.05, 4.69) is 21.2 Å². The lowest BCUT2D eigenvalue weighted by atomic mass is 10.1. The molecule has 2 aromatic rings. The number of aromatic nitrogens is 2. The van der Waals surface area contributed by atoms with Crippen molar-refractivity contribution in [1.82, 2.24) is 14.5 Å². The van der Waals surface area contributed by atoms with Gasteiger partial charge in [0, 0.05) is 17.1 Å². The van der Waals surface area contributed by atoms with Gasteiger partial charge in [-0.15, -0.1) is 0 Å². The van der Waals surface area contributed by atoms with Crippen LogP contribution in [0.5, 0.6) is 0 Å². The minimum atomic E-state index is -0.682. The highest BCUT2D eigenvalue weighted by Crippen LogP contribution is 2.26. The average Bonchev–Trinajstić information content (AvgIpc) is 2.55. The average molecular weight is 450 g/mol. The van der Waals surface area contributed by atoms with Gasteiger partial charge in [0.05, 0.1) is 6.04 Å². The van der Waals surface area contributed by atoms with Crippen molar-refractivity contribution >= 4 is 50.9 Å². The predicted octanol–water partition coefficient (Wildman–Crippen LogP) is 2.08. The van der Waals surface area contributed by atoms with E-state index in [0.29, 0.717) is 15.6 Å². The maximum absolute atomic E-state index is 12.3. The van der Waals surface area contributed by atoms with Gasteiger partial charge in [0.15, 0.2) is 0 Å². The first-order valence-corrected chi connectivity index (χ1v) is 8.67. The Morgan fingerprint density at radius 1 is 1.36 bits per heavy atom. The Morgan fingerprint density at radius 2 is 2.00 bits per heavy atom. The fourth-order valence-electron chi connectivity index (χ4n) is 2.25. The van der Waals surface area contributed by atoms with Crippen molar-refractivity contribution in [2.75, 3.05) is 5.73 Å². The van der Waals surface area contributed by atoms with E-state index in [1.807, 2.05) is 0 Å². The van der Waals surface area contributed by atoms with E-state index in [4.69, 9.17) is 28.9 Å². The van der Waals surface area contributed by atoms with Gasteiger partial charge in [-0.05, 0) is 40.5 Å². The molecule has 1 aromatic carbocycles. The van der Waals surface area contributed by atoms with E-state index in [9.17, 15) is 14.4 Å². The molecule has 0 bridgehead atoms. The Hall–Kier alpha value is -1.77. The topological polar surface area (TPSA) is 99.1 Å². The van der Waals surface area contributed by atoms with Crippen molar-refractivity contribution < 1.29 is 4.79 Å². The van der Waals surface area contributed by atoms with Crippen LogP contribution in [-0.2, 0) is 18.4 Å². The zero-order valence-corrected chi connectivity index (χ0v) is 16.4. The van der Waals surface area contributed by atoms with Crippen LogP contribution in [0.3, 0.4) is 0 Å². The highest BCUT2D eigenvalue weighted by molar-refractivity contribution is 9.10. The molecule has 0 aliphatic carbocycles. The van der Waals surface area contributed by atoms with Crippen LogP contribution in [0.2, 0.25) is 10.0 Å². The lowest BCUT2D eigenvalue weighted by Crippen LogP contribution is -2.44. The van der Waals surface area contributed by atoms with Gasteiger partial charge in [-0.1, -0.05) is 29.3 Å². The summed E-state index contributed by atoms with van der Waals surface area (Å²) in [5, 5.41) is 3.58. The third-order valence-electron chi connectivity index (χ3n) is 3.65. The third-order valence-corrected chi connectivity index (χ3v) is 4.95. The molecule has 0 fully saturated rings. The number of nitrogens with one attached hydrogen (secondary N) is 1. The Balaban J connectivity index is 2.24. The van der Waals surface area contributed by atoms with Gasteiger partial charge in [-0.25, -0.2) is 9.36 Å². The standard InChI is InChI=1S/C15H15BrCl2N4O3/c1-7(9-4-3-8(17)5-10(9)18)20-11(23)6-22-14(24)12(16)13(19)21(2)15(22)25/h3-5,7H,6,19H2,1-2H3,(H,20,23)/t7-/m0/s1. The number of halogens is 3. The number of hydrogen-bond donors (Lipinski definition) is 2. The number of nitrogens with two attached hydrogens (primary N) is 1. The van der Waals surface area contributed by atoms with E-state index in [1.165, 1.54) is 7.05 Å². The second-order valence-corrected chi connectivity index (χ2v) is 7.02. The fourth-order valence-corrected chi connectivity index (χ4v) is 3.30. The van der Waals surface area contributed by atoms with Crippen LogP contribution in [0.4, 0.5) is 5.82 Å². The van der Waals surface area contributed by atoms with E-state index < -0.39 is 29.7 Å². The summed E-state index contributed by atoms with van der Waals surface area (Å²) in [6.07, 6.45) is 0. The van der Waals surface area contributed by atoms with Crippen LogP contribution >= 0.6 is 39.1 Å². The number of benzene rings is 1. The zero-order chi connectivity index (χ0) is 18.9.